The molecule has 0 saturated carbocycles. The highest BCUT2D eigenvalue weighted by molar-refractivity contribution is 5.41. The van der Waals surface area contributed by atoms with E-state index in [4.69, 9.17) is 0 Å². The van der Waals surface area contributed by atoms with Crippen molar-refractivity contribution in [3.05, 3.63) is 35.4 Å². The maximum atomic E-state index is 9.83. The van der Waals surface area contributed by atoms with Gasteiger partial charge in [0.15, 0.2) is 0 Å². The minimum Gasteiger partial charge on any atom is -0.394 e. The van der Waals surface area contributed by atoms with E-state index in [0.717, 1.165) is 19.4 Å². The number of hydrogen-bond donors (Lipinski definition) is 2. The largest absolute Gasteiger partial charge is 0.394 e. The molecule has 0 aromatic heterocycles. The summed E-state index contributed by atoms with van der Waals surface area (Å²) < 4.78 is 0. The van der Waals surface area contributed by atoms with Crippen LogP contribution in [0.15, 0.2) is 24.3 Å². The molecule has 0 fully saturated rings. The molecule has 1 aromatic rings. The van der Waals surface area contributed by atoms with E-state index in [-0.39, 0.29) is 17.6 Å². The molecule has 0 radical (unpaired) electrons. The Morgan fingerprint density at radius 2 is 1.82 bits per heavy atom. The molecule has 2 rings (SSSR count). The van der Waals surface area contributed by atoms with E-state index in [9.17, 15) is 5.11 Å². The molecule has 2 heteroatoms. The van der Waals surface area contributed by atoms with Crippen LogP contribution in [0.1, 0.15) is 44.7 Å². The second kappa shape index (κ2) is 4.43. The Kier molecular flexibility index (Phi) is 3.28. The van der Waals surface area contributed by atoms with Gasteiger partial charge in [0, 0.05) is 0 Å². The second-order valence-electron chi connectivity index (χ2n) is 5.70. The Morgan fingerprint density at radius 1 is 1.18 bits per heavy atom. The summed E-state index contributed by atoms with van der Waals surface area (Å²) in [5.74, 6) is 0. The molecular weight excluding hydrogens is 210 g/mol. The lowest BCUT2D eigenvalue weighted by atomic mass is 9.65. The van der Waals surface area contributed by atoms with Crippen molar-refractivity contribution in [2.24, 2.45) is 0 Å². The van der Waals surface area contributed by atoms with E-state index in [1.807, 2.05) is 0 Å². The van der Waals surface area contributed by atoms with Gasteiger partial charge in [-0.3, -0.25) is 0 Å². The van der Waals surface area contributed by atoms with Crippen LogP contribution in [0, 0.1) is 0 Å². The van der Waals surface area contributed by atoms with Crippen LogP contribution >= 0.6 is 0 Å². The standard InChI is InChI=1S/C15H23NO/c1-4-16-15(11-17)10-9-14(2,3)12-7-5-6-8-13(12)15/h5-8,16-17H,4,9-11H2,1-3H3. The van der Waals surface area contributed by atoms with Gasteiger partial charge in [-0.15, -0.1) is 0 Å². The minimum absolute atomic E-state index is 0.175. The van der Waals surface area contributed by atoms with Crippen LogP contribution in [0.5, 0.6) is 0 Å². The molecule has 0 saturated heterocycles. The first kappa shape index (κ1) is 12.6. The molecule has 1 aliphatic carbocycles. The molecule has 1 aliphatic rings. The van der Waals surface area contributed by atoms with Crippen LogP contribution in [0.4, 0.5) is 0 Å². The molecule has 2 N–H and O–H groups in total. The summed E-state index contributed by atoms with van der Waals surface area (Å²) in [6.07, 6.45) is 2.11. The molecule has 0 amide bonds. The number of likely N-dealkylation sites (N-methyl/N-ethyl adjacent to an activating group) is 1. The first-order valence-corrected chi connectivity index (χ1v) is 6.51. The molecule has 17 heavy (non-hydrogen) atoms. The molecular formula is C15H23NO. The fraction of sp³-hybridized carbons (Fsp3) is 0.600. The van der Waals surface area contributed by atoms with Gasteiger partial charge in [-0.2, -0.15) is 0 Å². The molecule has 0 spiro atoms. The van der Waals surface area contributed by atoms with Crippen molar-refractivity contribution in [1.29, 1.82) is 0 Å². The Morgan fingerprint density at radius 3 is 2.41 bits per heavy atom. The molecule has 0 heterocycles. The number of hydrogen-bond acceptors (Lipinski definition) is 2. The van der Waals surface area contributed by atoms with Crippen molar-refractivity contribution < 1.29 is 5.11 Å². The zero-order valence-electron chi connectivity index (χ0n) is 11.1. The van der Waals surface area contributed by atoms with Gasteiger partial charge in [-0.05, 0) is 35.9 Å². The normalized spacial score (nSPS) is 26.6. The molecule has 1 aromatic carbocycles. The highest BCUT2D eigenvalue weighted by atomic mass is 16.3. The zero-order valence-corrected chi connectivity index (χ0v) is 11.1. The molecule has 94 valence electrons. The van der Waals surface area contributed by atoms with Gasteiger partial charge in [-0.25, -0.2) is 0 Å². The average molecular weight is 233 g/mol. The number of nitrogens with one attached hydrogen (secondary N) is 1. The number of aliphatic hydroxyl groups excluding tert-OH is 1. The van der Waals surface area contributed by atoms with Gasteiger partial charge < -0.3 is 10.4 Å². The third-order valence-electron chi connectivity index (χ3n) is 4.13. The van der Waals surface area contributed by atoms with Crippen LogP contribution in [-0.4, -0.2) is 18.3 Å². The van der Waals surface area contributed by atoms with E-state index < -0.39 is 0 Å². The Labute approximate surface area is 104 Å². The van der Waals surface area contributed by atoms with Crippen molar-refractivity contribution in [1.82, 2.24) is 5.32 Å². The molecule has 1 unspecified atom stereocenters. The van der Waals surface area contributed by atoms with Crippen LogP contribution in [-0.2, 0) is 11.0 Å². The highest BCUT2D eigenvalue weighted by Gasteiger charge is 2.41. The van der Waals surface area contributed by atoms with Crippen molar-refractivity contribution in [2.45, 2.75) is 44.6 Å². The average Bonchev–Trinajstić information content (AvgIpc) is 2.34. The van der Waals surface area contributed by atoms with Crippen molar-refractivity contribution >= 4 is 0 Å². The van der Waals surface area contributed by atoms with Gasteiger partial charge in [0.1, 0.15) is 0 Å². The molecule has 1 atom stereocenters. The van der Waals surface area contributed by atoms with Gasteiger partial charge in [0.2, 0.25) is 0 Å². The van der Waals surface area contributed by atoms with Crippen LogP contribution in [0.2, 0.25) is 0 Å². The maximum Gasteiger partial charge on any atom is 0.0672 e. The van der Waals surface area contributed by atoms with E-state index in [1.165, 1.54) is 11.1 Å². The van der Waals surface area contributed by atoms with Gasteiger partial charge in [-0.1, -0.05) is 45.0 Å². The van der Waals surface area contributed by atoms with Gasteiger partial charge in [0.05, 0.1) is 12.1 Å². The summed E-state index contributed by atoms with van der Waals surface area (Å²) in [5, 5.41) is 13.3. The number of benzene rings is 1. The van der Waals surface area contributed by atoms with Crippen molar-refractivity contribution in [3.8, 4) is 0 Å². The summed E-state index contributed by atoms with van der Waals surface area (Å²) in [6, 6.07) is 8.54. The van der Waals surface area contributed by atoms with Gasteiger partial charge >= 0.3 is 0 Å². The van der Waals surface area contributed by atoms with Crippen LogP contribution in [0.25, 0.3) is 0 Å². The monoisotopic (exact) mass is 233 g/mol. The predicted octanol–water partition coefficient (Wildman–Crippen LogP) is 2.56. The molecule has 0 aliphatic heterocycles. The SMILES string of the molecule is CCNC1(CO)CCC(C)(C)c2ccccc21. The van der Waals surface area contributed by atoms with E-state index in [0.29, 0.717) is 0 Å². The zero-order chi connectivity index (χ0) is 12.5. The molecule has 0 bridgehead atoms. The van der Waals surface area contributed by atoms with Crippen molar-refractivity contribution in [3.63, 3.8) is 0 Å². The first-order chi connectivity index (χ1) is 8.06. The first-order valence-electron chi connectivity index (χ1n) is 6.51. The minimum atomic E-state index is -0.235. The third-order valence-corrected chi connectivity index (χ3v) is 4.13. The van der Waals surface area contributed by atoms with E-state index in [1.54, 1.807) is 0 Å². The highest BCUT2D eigenvalue weighted by Crippen LogP contribution is 2.44. The predicted molar refractivity (Wildman–Crippen MR) is 71.1 cm³/mol. The lowest BCUT2D eigenvalue weighted by molar-refractivity contribution is 0.130. The van der Waals surface area contributed by atoms with Crippen LogP contribution in [0.3, 0.4) is 0 Å². The van der Waals surface area contributed by atoms with Crippen LogP contribution < -0.4 is 5.32 Å². The van der Waals surface area contributed by atoms with E-state index in [2.05, 4.69) is 50.4 Å². The fourth-order valence-electron chi connectivity index (χ4n) is 3.03. The summed E-state index contributed by atoms with van der Waals surface area (Å²) >= 11 is 0. The Balaban J connectivity index is 2.54. The Bertz CT molecular complexity index is 400. The Hall–Kier alpha value is -0.860. The number of rotatable bonds is 3. The topological polar surface area (TPSA) is 32.3 Å². The summed E-state index contributed by atoms with van der Waals surface area (Å²) in [5.41, 5.74) is 2.63. The third kappa shape index (κ3) is 2.00. The fourth-order valence-corrected chi connectivity index (χ4v) is 3.03. The van der Waals surface area contributed by atoms with Crippen molar-refractivity contribution in [2.75, 3.05) is 13.2 Å². The smallest absolute Gasteiger partial charge is 0.0672 e. The molecule has 2 nitrogen and oxygen atoms in total. The number of aliphatic hydroxyl groups is 1. The number of fused-ring (bicyclic) bond motifs is 1. The summed E-state index contributed by atoms with van der Waals surface area (Å²) in [6.45, 7) is 7.74. The van der Waals surface area contributed by atoms with Gasteiger partial charge in [0.25, 0.3) is 0 Å². The lowest BCUT2D eigenvalue weighted by Gasteiger charge is -2.45. The summed E-state index contributed by atoms with van der Waals surface area (Å²) in [4.78, 5) is 0. The summed E-state index contributed by atoms with van der Waals surface area (Å²) in [7, 11) is 0. The lowest BCUT2D eigenvalue weighted by Crippen LogP contribution is -2.50. The second-order valence-corrected chi connectivity index (χ2v) is 5.70. The van der Waals surface area contributed by atoms with E-state index >= 15 is 0 Å². The quantitative estimate of drug-likeness (QED) is 0.841. The maximum absolute atomic E-state index is 9.83.